The van der Waals surface area contributed by atoms with Gasteiger partial charge in [0.15, 0.2) is 0 Å². The maximum absolute atomic E-state index is 13.3. The molecule has 1 unspecified atom stereocenters. The van der Waals surface area contributed by atoms with Crippen molar-refractivity contribution in [2.24, 2.45) is 0 Å². The van der Waals surface area contributed by atoms with E-state index in [1.165, 1.54) is 25.1 Å². The molecule has 2 N–H and O–H groups in total. The van der Waals surface area contributed by atoms with Crippen molar-refractivity contribution in [3.63, 3.8) is 0 Å². The average Bonchev–Trinajstić information content (AvgIpc) is 2.81. The number of carbonyl (C=O) groups excluding carboxylic acids is 2. The predicted molar refractivity (Wildman–Crippen MR) is 124 cm³/mol. The van der Waals surface area contributed by atoms with Crippen molar-refractivity contribution < 1.29 is 33.9 Å². The Kier molecular flexibility index (Phi) is 8.23. The van der Waals surface area contributed by atoms with Crippen LogP contribution in [-0.4, -0.2) is 58.8 Å². The lowest BCUT2D eigenvalue weighted by atomic mass is 9.79. The molecule has 2 aliphatic rings. The van der Waals surface area contributed by atoms with Crippen LogP contribution in [0.1, 0.15) is 51.5 Å². The topological polar surface area (TPSA) is 148 Å². The Balaban J connectivity index is 2.12. The first-order chi connectivity index (χ1) is 16.6. The molecule has 0 spiro atoms. The summed E-state index contributed by atoms with van der Waals surface area (Å²) in [6, 6.07) is 5.57. The Morgan fingerprint density at radius 3 is 2.54 bits per heavy atom. The van der Waals surface area contributed by atoms with Gasteiger partial charge in [0.1, 0.15) is 12.8 Å². The third-order valence-corrected chi connectivity index (χ3v) is 6.10. The molecule has 1 saturated heterocycles. The molecule has 0 aliphatic carbocycles. The summed E-state index contributed by atoms with van der Waals surface area (Å²) in [5.74, 6) is -3.40. The number of nitro benzene ring substituents is 1. The van der Waals surface area contributed by atoms with Crippen LogP contribution < -0.4 is 5.32 Å². The van der Waals surface area contributed by atoms with Crippen molar-refractivity contribution in [2.75, 3.05) is 19.8 Å². The molecule has 3 rings (SSSR count). The molecule has 1 aromatic rings. The second kappa shape index (κ2) is 11.1. The third-order valence-electron chi connectivity index (χ3n) is 6.10. The van der Waals surface area contributed by atoms with Gasteiger partial charge in [0, 0.05) is 37.1 Å². The smallest absolute Gasteiger partial charge is 0.336 e. The standard InChI is InChI=1S/C24H29N3O8/c1-14-20(23(29)30)22(17-7-6-8-18(13-17)27(32)33)21(24(31)35-12-10-25-16(3)28)15(2)26(14)19-9-4-5-11-34-19/h6-8,13,19,22H,4-5,9-12H2,1-3H3,(H,25,28)(H,29,30)/t19?,22-/m0/s1. The molecule has 1 aromatic carbocycles. The van der Waals surface area contributed by atoms with Gasteiger partial charge in [-0.15, -0.1) is 0 Å². The summed E-state index contributed by atoms with van der Waals surface area (Å²) in [5, 5.41) is 24.1. The molecule has 0 saturated carbocycles. The van der Waals surface area contributed by atoms with E-state index in [0.717, 1.165) is 12.8 Å². The van der Waals surface area contributed by atoms with Crippen molar-refractivity contribution >= 4 is 23.5 Å². The minimum Gasteiger partial charge on any atom is -0.478 e. The van der Waals surface area contributed by atoms with Crippen LogP contribution in [0.25, 0.3) is 0 Å². The number of hydrogen-bond acceptors (Lipinski definition) is 8. The lowest BCUT2D eigenvalue weighted by Gasteiger charge is -2.42. The van der Waals surface area contributed by atoms with Gasteiger partial charge < -0.3 is 24.8 Å². The van der Waals surface area contributed by atoms with E-state index < -0.39 is 29.0 Å². The molecule has 2 atom stereocenters. The Hall–Kier alpha value is -3.73. The summed E-state index contributed by atoms with van der Waals surface area (Å²) in [7, 11) is 0. The second-order valence-electron chi connectivity index (χ2n) is 8.40. The first kappa shape index (κ1) is 25.9. The van der Waals surface area contributed by atoms with Crippen molar-refractivity contribution in [1.29, 1.82) is 0 Å². The SMILES string of the molecule is CC(=O)NCCOC(=O)C1=C(C)N(C2CCCCO2)C(C)=C(C(=O)O)[C@@H]1c1cccc([N+](=O)[O-])c1. The van der Waals surface area contributed by atoms with Gasteiger partial charge in [-0.25, -0.2) is 9.59 Å². The highest BCUT2D eigenvalue weighted by Crippen LogP contribution is 2.44. The van der Waals surface area contributed by atoms with Crippen LogP contribution in [0.3, 0.4) is 0 Å². The van der Waals surface area contributed by atoms with E-state index in [2.05, 4.69) is 5.32 Å². The van der Waals surface area contributed by atoms with Crippen LogP contribution in [0, 0.1) is 10.1 Å². The Bertz CT molecular complexity index is 1090. The van der Waals surface area contributed by atoms with Crippen molar-refractivity contribution in [3.05, 3.63) is 62.5 Å². The van der Waals surface area contributed by atoms with Crippen LogP contribution >= 0.6 is 0 Å². The summed E-state index contributed by atoms with van der Waals surface area (Å²) in [5.41, 5.74) is 0.894. The highest BCUT2D eigenvalue weighted by Gasteiger charge is 2.42. The molecule has 1 amide bonds. The van der Waals surface area contributed by atoms with Gasteiger partial charge in [0.05, 0.1) is 28.5 Å². The second-order valence-corrected chi connectivity index (χ2v) is 8.40. The molecule has 0 radical (unpaired) electrons. The Labute approximate surface area is 202 Å². The van der Waals surface area contributed by atoms with Gasteiger partial charge in [0.2, 0.25) is 5.91 Å². The number of carbonyl (C=O) groups is 3. The van der Waals surface area contributed by atoms with E-state index in [1.54, 1.807) is 24.8 Å². The highest BCUT2D eigenvalue weighted by molar-refractivity contribution is 5.99. The minimum absolute atomic E-state index is 0.0606. The quantitative estimate of drug-likeness (QED) is 0.244. The van der Waals surface area contributed by atoms with E-state index in [0.29, 0.717) is 24.4 Å². The van der Waals surface area contributed by atoms with Crippen LogP contribution in [0.5, 0.6) is 0 Å². The molecule has 0 aromatic heterocycles. The number of benzene rings is 1. The number of allylic oxidation sites excluding steroid dienone is 2. The summed E-state index contributed by atoms with van der Waals surface area (Å²) in [6.45, 7) is 5.15. The number of nitro groups is 1. The summed E-state index contributed by atoms with van der Waals surface area (Å²) < 4.78 is 11.3. The van der Waals surface area contributed by atoms with E-state index in [9.17, 15) is 29.6 Å². The molecular weight excluding hydrogens is 458 g/mol. The van der Waals surface area contributed by atoms with Crippen molar-refractivity contribution in [1.82, 2.24) is 10.2 Å². The van der Waals surface area contributed by atoms with E-state index >= 15 is 0 Å². The molecule has 11 heteroatoms. The van der Waals surface area contributed by atoms with Gasteiger partial charge in [-0.1, -0.05) is 12.1 Å². The molecule has 2 heterocycles. The number of amides is 1. The van der Waals surface area contributed by atoms with Crippen molar-refractivity contribution in [3.8, 4) is 0 Å². The van der Waals surface area contributed by atoms with Crippen LogP contribution in [-0.2, 0) is 23.9 Å². The number of nitrogens with zero attached hydrogens (tertiary/aromatic N) is 2. The van der Waals surface area contributed by atoms with Crippen LogP contribution in [0.4, 0.5) is 5.69 Å². The van der Waals surface area contributed by atoms with Crippen LogP contribution in [0.2, 0.25) is 0 Å². The molecule has 188 valence electrons. The number of rotatable bonds is 8. The number of hydrogen-bond donors (Lipinski definition) is 2. The monoisotopic (exact) mass is 487 g/mol. The zero-order chi connectivity index (χ0) is 25.7. The predicted octanol–water partition coefficient (Wildman–Crippen LogP) is 2.83. The zero-order valence-electron chi connectivity index (χ0n) is 19.9. The summed E-state index contributed by atoms with van der Waals surface area (Å²) >= 11 is 0. The molecule has 0 bridgehead atoms. The lowest BCUT2D eigenvalue weighted by Crippen LogP contribution is -2.43. The van der Waals surface area contributed by atoms with Crippen LogP contribution in [0.15, 0.2) is 46.8 Å². The molecule has 1 fully saturated rings. The Morgan fingerprint density at radius 1 is 1.23 bits per heavy atom. The fourth-order valence-electron chi connectivity index (χ4n) is 4.58. The number of nitrogens with one attached hydrogen (secondary N) is 1. The maximum atomic E-state index is 13.3. The van der Waals surface area contributed by atoms with Gasteiger partial charge >= 0.3 is 11.9 Å². The van der Waals surface area contributed by atoms with E-state index in [1.807, 2.05) is 0 Å². The van der Waals surface area contributed by atoms with E-state index in [-0.39, 0.29) is 41.5 Å². The number of aliphatic carboxylic acids is 1. The average molecular weight is 488 g/mol. The highest BCUT2D eigenvalue weighted by atomic mass is 16.6. The number of esters is 1. The molecule has 2 aliphatic heterocycles. The van der Waals surface area contributed by atoms with Gasteiger partial charge in [-0.05, 0) is 38.7 Å². The third kappa shape index (κ3) is 5.68. The minimum atomic E-state index is -1.25. The first-order valence-corrected chi connectivity index (χ1v) is 11.3. The fourth-order valence-corrected chi connectivity index (χ4v) is 4.58. The maximum Gasteiger partial charge on any atom is 0.336 e. The largest absolute Gasteiger partial charge is 0.478 e. The normalized spacial score (nSPS) is 20.5. The zero-order valence-corrected chi connectivity index (χ0v) is 19.9. The first-order valence-electron chi connectivity index (χ1n) is 11.3. The number of non-ortho nitro benzene ring substituents is 1. The number of carboxylic acids is 1. The van der Waals surface area contributed by atoms with Gasteiger partial charge in [-0.3, -0.25) is 14.9 Å². The fraction of sp³-hybridized carbons (Fsp3) is 0.458. The number of carboxylic acid groups (broad SMARTS) is 1. The molecule has 35 heavy (non-hydrogen) atoms. The summed E-state index contributed by atoms with van der Waals surface area (Å²) in [4.78, 5) is 49.5. The van der Waals surface area contributed by atoms with E-state index in [4.69, 9.17) is 9.47 Å². The molecular formula is C24H29N3O8. The molecule has 11 nitrogen and oxygen atoms in total. The lowest BCUT2D eigenvalue weighted by molar-refractivity contribution is -0.384. The van der Waals surface area contributed by atoms with Gasteiger partial charge in [-0.2, -0.15) is 0 Å². The number of ether oxygens (including phenoxy) is 2. The van der Waals surface area contributed by atoms with Crippen molar-refractivity contribution in [2.45, 2.75) is 52.2 Å². The van der Waals surface area contributed by atoms with Gasteiger partial charge in [0.25, 0.3) is 5.69 Å². The Morgan fingerprint density at radius 2 is 1.94 bits per heavy atom. The summed E-state index contributed by atoms with van der Waals surface area (Å²) in [6.07, 6.45) is 1.96.